The smallest absolute Gasteiger partial charge is 0.127 e. The fourth-order valence-electron chi connectivity index (χ4n) is 3.09. The number of carbonyl (C=O) groups is 1. The molecule has 2 heteroatoms. The van der Waals surface area contributed by atoms with Crippen LogP contribution in [-0.4, -0.2) is 31.3 Å². The molecule has 0 heterocycles. The van der Waals surface area contributed by atoms with Crippen molar-refractivity contribution in [1.82, 2.24) is 4.90 Å². The lowest BCUT2D eigenvalue weighted by Crippen LogP contribution is -2.37. The van der Waals surface area contributed by atoms with E-state index >= 15 is 0 Å². The Hall–Kier alpha value is -0.370. The van der Waals surface area contributed by atoms with Gasteiger partial charge in [-0.05, 0) is 38.6 Å². The van der Waals surface area contributed by atoms with Crippen molar-refractivity contribution in [1.29, 1.82) is 0 Å². The highest BCUT2D eigenvalue weighted by molar-refractivity contribution is 5.59. The second-order valence-electron chi connectivity index (χ2n) is 6.03. The van der Waals surface area contributed by atoms with Crippen molar-refractivity contribution >= 4 is 6.29 Å². The molecule has 0 atom stereocenters. The molecule has 2 saturated carbocycles. The first-order valence-electron chi connectivity index (χ1n) is 6.89. The van der Waals surface area contributed by atoms with Crippen LogP contribution in [0.3, 0.4) is 0 Å². The number of hydrogen-bond acceptors (Lipinski definition) is 2. The molecule has 0 aromatic heterocycles. The van der Waals surface area contributed by atoms with Gasteiger partial charge in [-0.2, -0.15) is 0 Å². The standard InChI is InChI=1S/C14H25NO/c1-15(10-13-6-7-13)11-14(12-16)8-4-2-3-5-9-14/h12-13H,2-11H2,1H3. The molecule has 0 bridgehead atoms. The Bertz CT molecular complexity index is 227. The van der Waals surface area contributed by atoms with Crippen molar-refractivity contribution in [3.63, 3.8) is 0 Å². The van der Waals surface area contributed by atoms with E-state index in [1.807, 2.05) is 0 Å². The third kappa shape index (κ3) is 3.31. The van der Waals surface area contributed by atoms with Gasteiger partial charge < -0.3 is 9.69 Å². The predicted octanol–water partition coefficient (Wildman–Crippen LogP) is 2.87. The molecule has 2 fully saturated rings. The number of hydrogen-bond donors (Lipinski definition) is 0. The van der Waals surface area contributed by atoms with E-state index in [4.69, 9.17) is 0 Å². The topological polar surface area (TPSA) is 20.3 Å². The van der Waals surface area contributed by atoms with Crippen molar-refractivity contribution in [3.05, 3.63) is 0 Å². The SMILES string of the molecule is CN(CC1CC1)CC1(C=O)CCCCCC1. The molecule has 2 aliphatic carbocycles. The maximum atomic E-state index is 11.4. The fraction of sp³-hybridized carbons (Fsp3) is 0.929. The third-order valence-electron chi connectivity index (χ3n) is 4.20. The molecule has 0 aromatic rings. The molecule has 0 spiro atoms. The van der Waals surface area contributed by atoms with Crippen molar-refractivity contribution in [2.24, 2.45) is 11.3 Å². The minimum Gasteiger partial charge on any atom is -0.305 e. The van der Waals surface area contributed by atoms with Crippen LogP contribution < -0.4 is 0 Å². The average molecular weight is 223 g/mol. The quantitative estimate of drug-likeness (QED) is 0.527. The van der Waals surface area contributed by atoms with Crippen molar-refractivity contribution in [2.45, 2.75) is 51.4 Å². The van der Waals surface area contributed by atoms with Crippen molar-refractivity contribution in [3.8, 4) is 0 Å². The average Bonchev–Trinajstić information content (AvgIpc) is 3.06. The van der Waals surface area contributed by atoms with Crippen LogP contribution in [0.25, 0.3) is 0 Å². The molecule has 0 aliphatic heterocycles. The Labute approximate surface area is 99.4 Å². The molecule has 0 saturated heterocycles. The van der Waals surface area contributed by atoms with Gasteiger partial charge in [-0.3, -0.25) is 0 Å². The molecule has 2 rings (SSSR count). The molecule has 0 radical (unpaired) electrons. The van der Waals surface area contributed by atoms with Crippen molar-refractivity contribution < 1.29 is 4.79 Å². The zero-order valence-electron chi connectivity index (χ0n) is 10.6. The van der Waals surface area contributed by atoms with Gasteiger partial charge in [0, 0.05) is 18.5 Å². The minimum atomic E-state index is -0.0137. The van der Waals surface area contributed by atoms with E-state index in [2.05, 4.69) is 11.9 Å². The maximum absolute atomic E-state index is 11.4. The lowest BCUT2D eigenvalue weighted by molar-refractivity contribution is -0.118. The van der Waals surface area contributed by atoms with E-state index in [-0.39, 0.29) is 5.41 Å². The molecule has 0 aromatic carbocycles. The van der Waals surface area contributed by atoms with Gasteiger partial charge in [0.15, 0.2) is 0 Å². The summed E-state index contributed by atoms with van der Waals surface area (Å²) < 4.78 is 0. The first-order valence-corrected chi connectivity index (χ1v) is 6.89. The lowest BCUT2D eigenvalue weighted by Gasteiger charge is -2.31. The Kier molecular flexibility index (Phi) is 4.01. The van der Waals surface area contributed by atoms with Crippen LogP contribution >= 0.6 is 0 Å². The van der Waals surface area contributed by atoms with Crippen molar-refractivity contribution in [2.75, 3.05) is 20.1 Å². The summed E-state index contributed by atoms with van der Waals surface area (Å²) in [6, 6.07) is 0. The molecular weight excluding hydrogens is 198 g/mol. The van der Waals surface area contributed by atoms with Gasteiger partial charge in [-0.1, -0.05) is 25.7 Å². The van der Waals surface area contributed by atoms with E-state index < -0.39 is 0 Å². The van der Waals surface area contributed by atoms with E-state index in [1.54, 1.807) is 0 Å². The van der Waals surface area contributed by atoms with Crippen LogP contribution in [0.15, 0.2) is 0 Å². The highest BCUT2D eigenvalue weighted by Gasteiger charge is 2.33. The van der Waals surface area contributed by atoms with Crippen LogP contribution in [0.2, 0.25) is 0 Å². The Morgan fingerprint density at radius 3 is 2.31 bits per heavy atom. The Morgan fingerprint density at radius 2 is 1.81 bits per heavy atom. The molecule has 0 unspecified atom stereocenters. The van der Waals surface area contributed by atoms with Gasteiger partial charge in [0.25, 0.3) is 0 Å². The first kappa shape index (κ1) is 12.1. The number of aldehydes is 1. The summed E-state index contributed by atoms with van der Waals surface area (Å²) in [6.07, 6.45) is 11.4. The normalized spacial score (nSPS) is 25.4. The molecule has 0 amide bonds. The highest BCUT2D eigenvalue weighted by atomic mass is 16.1. The van der Waals surface area contributed by atoms with Crippen LogP contribution in [0.1, 0.15) is 51.4 Å². The van der Waals surface area contributed by atoms with Gasteiger partial charge in [0.05, 0.1) is 0 Å². The van der Waals surface area contributed by atoms with E-state index in [0.29, 0.717) is 0 Å². The van der Waals surface area contributed by atoms with Crippen LogP contribution in [-0.2, 0) is 4.79 Å². The minimum absolute atomic E-state index is 0.0137. The number of nitrogens with zero attached hydrogens (tertiary/aromatic N) is 1. The zero-order valence-corrected chi connectivity index (χ0v) is 10.6. The van der Waals surface area contributed by atoms with E-state index in [0.717, 1.165) is 25.3 Å². The molecule has 2 aliphatic rings. The summed E-state index contributed by atoms with van der Waals surface area (Å²) >= 11 is 0. The van der Waals surface area contributed by atoms with Crippen LogP contribution in [0.5, 0.6) is 0 Å². The summed E-state index contributed by atoms with van der Waals surface area (Å²) in [4.78, 5) is 13.8. The van der Waals surface area contributed by atoms with Crippen LogP contribution in [0.4, 0.5) is 0 Å². The second-order valence-corrected chi connectivity index (χ2v) is 6.03. The van der Waals surface area contributed by atoms with E-state index in [9.17, 15) is 4.79 Å². The monoisotopic (exact) mass is 223 g/mol. The fourth-order valence-corrected chi connectivity index (χ4v) is 3.09. The summed E-state index contributed by atoms with van der Waals surface area (Å²) in [5.74, 6) is 0.930. The van der Waals surface area contributed by atoms with Gasteiger partial charge in [0.1, 0.15) is 6.29 Å². The predicted molar refractivity (Wildman–Crippen MR) is 66.4 cm³/mol. The van der Waals surface area contributed by atoms with E-state index in [1.165, 1.54) is 51.4 Å². The third-order valence-corrected chi connectivity index (χ3v) is 4.20. The van der Waals surface area contributed by atoms with Gasteiger partial charge in [-0.15, -0.1) is 0 Å². The molecular formula is C14H25NO. The lowest BCUT2D eigenvalue weighted by atomic mass is 9.81. The summed E-state index contributed by atoms with van der Waals surface area (Å²) in [5.41, 5.74) is -0.0137. The molecule has 16 heavy (non-hydrogen) atoms. The second kappa shape index (κ2) is 5.31. The first-order chi connectivity index (χ1) is 7.74. The molecule has 0 N–H and O–H groups in total. The van der Waals surface area contributed by atoms with Gasteiger partial charge >= 0.3 is 0 Å². The summed E-state index contributed by atoms with van der Waals surface area (Å²) in [7, 11) is 2.19. The summed E-state index contributed by atoms with van der Waals surface area (Å²) in [6.45, 7) is 2.20. The zero-order chi connectivity index (χ0) is 11.4. The van der Waals surface area contributed by atoms with Gasteiger partial charge in [0.2, 0.25) is 0 Å². The van der Waals surface area contributed by atoms with Gasteiger partial charge in [-0.25, -0.2) is 0 Å². The van der Waals surface area contributed by atoms with Crippen LogP contribution in [0, 0.1) is 11.3 Å². The number of rotatable bonds is 5. The Morgan fingerprint density at radius 1 is 1.19 bits per heavy atom. The highest BCUT2D eigenvalue weighted by Crippen LogP contribution is 2.35. The molecule has 2 nitrogen and oxygen atoms in total. The Balaban J connectivity index is 1.87. The maximum Gasteiger partial charge on any atom is 0.127 e. The summed E-state index contributed by atoms with van der Waals surface area (Å²) in [5, 5.41) is 0. The largest absolute Gasteiger partial charge is 0.305 e. The number of carbonyl (C=O) groups excluding carboxylic acids is 1. The molecule has 92 valence electrons.